The molecule has 0 fully saturated rings. The van der Waals surface area contributed by atoms with Crippen molar-refractivity contribution >= 4 is 134 Å². The zero-order chi connectivity index (χ0) is 44.8. The summed E-state index contributed by atoms with van der Waals surface area (Å²) in [6, 6.07) is 66.9. The summed E-state index contributed by atoms with van der Waals surface area (Å²) in [5, 5.41) is 24.4. The Morgan fingerprint density at radius 3 is 1.57 bits per heavy atom. The van der Waals surface area contributed by atoms with Crippen molar-refractivity contribution in [1.82, 2.24) is 14.1 Å². The van der Waals surface area contributed by atoms with Crippen LogP contribution >= 0.6 is 22.7 Å². The zero-order valence-electron chi connectivity index (χ0n) is 36.0. The summed E-state index contributed by atoms with van der Waals surface area (Å²) in [6.45, 7) is 9.47. The Labute approximate surface area is 396 Å². The second kappa shape index (κ2) is 13.8. The summed E-state index contributed by atoms with van der Waals surface area (Å²) in [7, 11) is 0. The molecule has 0 spiro atoms. The Morgan fingerprint density at radius 1 is 0.456 bits per heavy atom. The molecule has 10 aromatic carbocycles. The van der Waals surface area contributed by atoms with Crippen LogP contribution in [0.1, 0.15) is 5.56 Å². The van der Waals surface area contributed by atoms with E-state index >= 15 is 0 Å². The Bertz CT molecular complexity index is 4530. The third kappa shape index (κ3) is 4.78. The minimum atomic E-state index is 0.424. The number of nitriles is 1. The minimum absolute atomic E-state index is 0.424. The summed E-state index contributed by atoms with van der Waals surface area (Å²) in [5.74, 6) is 0. The summed E-state index contributed by atoms with van der Waals surface area (Å²) in [6.07, 6.45) is 1.87. The van der Waals surface area contributed by atoms with E-state index in [-0.39, 0.29) is 0 Å². The number of hydrogen-bond acceptors (Lipinski definition) is 4. The number of aromatic nitrogens is 3. The molecule has 0 unspecified atom stereocenters. The van der Waals surface area contributed by atoms with E-state index in [1.165, 1.54) is 30.9 Å². The van der Waals surface area contributed by atoms with Crippen molar-refractivity contribution in [2.75, 3.05) is 0 Å². The van der Waals surface area contributed by atoms with Crippen molar-refractivity contribution < 1.29 is 0 Å². The fraction of sp³-hybridized carbons (Fsp3) is 0. The molecule has 0 amide bonds. The molecule has 312 valence electrons. The highest BCUT2D eigenvalue weighted by Crippen LogP contribution is 2.55. The zero-order valence-corrected chi connectivity index (χ0v) is 37.6. The first-order valence-corrected chi connectivity index (χ1v) is 24.2. The van der Waals surface area contributed by atoms with Crippen molar-refractivity contribution in [1.29, 1.82) is 5.26 Å². The fourth-order valence-electron chi connectivity index (χ4n) is 11.5. The lowest BCUT2D eigenvalue weighted by molar-refractivity contribution is 1.14. The van der Waals surface area contributed by atoms with Gasteiger partial charge in [-0.2, -0.15) is 5.26 Å². The van der Waals surface area contributed by atoms with Gasteiger partial charge in [0.05, 0.1) is 60.5 Å². The van der Waals surface area contributed by atoms with Gasteiger partial charge in [0.1, 0.15) is 6.07 Å². The van der Waals surface area contributed by atoms with E-state index in [1.54, 1.807) is 22.7 Å². The maximum Gasteiger partial charge on any atom is 0.220 e. The molecule has 5 heterocycles. The van der Waals surface area contributed by atoms with Crippen LogP contribution in [0.5, 0.6) is 0 Å². The van der Waals surface area contributed by atoms with E-state index in [4.69, 9.17) is 4.98 Å². The lowest BCUT2D eigenvalue weighted by Gasteiger charge is -2.26. The Kier molecular flexibility index (Phi) is 7.61. The van der Waals surface area contributed by atoms with Gasteiger partial charge in [0.15, 0.2) is 0 Å². The summed E-state index contributed by atoms with van der Waals surface area (Å²) >= 11 is 3.60. The largest absolute Gasteiger partial charge is 0.316 e. The number of benzene rings is 10. The lowest BCUT2D eigenvalue weighted by Crippen LogP contribution is -2.08. The number of hydrogen-bond donors (Lipinski definition) is 0. The maximum absolute atomic E-state index is 12.0. The molecule has 0 saturated heterocycles. The molecule has 0 aliphatic carbocycles. The lowest BCUT2D eigenvalue weighted by atomic mass is 9.88. The van der Waals surface area contributed by atoms with Crippen molar-refractivity contribution in [3.8, 4) is 39.7 Å². The summed E-state index contributed by atoms with van der Waals surface area (Å²) in [5.41, 5.74) is 10.5. The molecule has 7 heteroatoms. The fourth-order valence-corrected chi connectivity index (χ4v) is 14.0. The minimum Gasteiger partial charge on any atom is -0.316 e. The first kappa shape index (κ1) is 37.4. The van der Waals surface area contributed by atoms with Crippen LogP contribution < -0.4 is 0 Å². The first-order chi connectivity index (χ1) is 33.7. The number of thiophene rings is 2. The van der Waals surface area contributed by atoms with Gasteiger partial charge in [-0.1, -0.05) is 152 Å². The van der Waals surface area contributed by atoms with E-state index in [0.29, 0.717) is 16.8 Å². The molecule has 0 atom stereocenters. The van der Waals surface area contributed by atoms with Crippen LogP contribution in [0.4, 0.5) is 5.69 Å². The predicted molar refractivity (Wildman–Crippen MR) is 287 cm³/mol. The molecule has 0 N–H and O–H groups in total. The molecule has 0 bridgehead atoms. The Morgan fingerprint density at radius 2 is 0.971 bits per heavy atom. The molecule has 0 aliphatic heterocycles. The predicted octanol–water partition coefficient (Wildman–Crippen LogP) is 17.5. The van der Waals surface area contributed by atoms with Crippen molar-refractivity contribution in [3.63, 3.8) is 0 Å². The number of nitrogens with zero attached hydrogens (tertiary/aromatic N) is 5. The van der Waals surface area contributed by atoms with Gasteiger partial charge in [0, 0.05) is 80.6 Å². The second-order valence-corrected chi connectivity index (χ2v) is 19.6. The monoisotopic (exact) mass is 897 g/mol. The van der Waals surface area contributed by atoms with Crippen LogP contribution in [0, 0.1) is 17.9 Å². The van der Waals surface area contributed by atoms with Crippen molar-refractivity contribution in [2.45, 2.75) is 0 Å². The van der Waals surface area contributed by atoms with E-state index in [0.717, 1.165) is 103 Å². The molecule has 68 heavy (non-hydrogen) atoms. The van der Waals surface area contributed by atoms with Gasteiger partial charge < -0.3 is 9.13 Å². The standard InChI is InChI=1S/C61H31N5S2/c1-63-55-50(34-15-4-2-5-16-34)45(33-62)56(65-46-24-12-21-38-39-23-14-32-64-54(39)44-22-13-25-47(65)53(44)52(38)46)51(35-17-6-3-7-18-35)59(55)66-57-40(28-30-42-36-19-8-10-26-48(36)67-60(42)57)41-29-31-43-37-20-9-11-27-49(37)68-61(43)58(41)66/h2-32H. The molecule has 0 radical (unpaired) electrons. The molecule has 0 aliphatic rings. The van der Waals surface area contributed by atoms with Gasteiger partial charge in [-0.25, -0.2) is 4.85 Å². The quantitative estimate of drug-likeness (QED) is 0.131. The molecule has 15 rings (SSSR count). The summed E-state index contributed by atoms with van der Waals surface area (Å²) in [4.78, 5) is 9.61. The van der Waals surface area contributed by atoms with E-state index in [1.807, 2.05) is 48.7 Å². The van der Waals surface area contributed by atoms with Crippen LogP contribution in [-0.2, 0) is 0 Å². The molecule has 5 nitrogen and oxygen atoms in total. The number of pyridine rings is 1. The third-order valence-electron chi connectivity index (χ3n) is 14.2. The van der Waals surface area contributed by atoms with Crippen LogP contribution in [0.15, 0.2) is 188 Å². The van der Waals surface area contributed by atoms with Gasteiger partial charge in [-0.05, 0) is 46.8 Å². The first-order valence-electron chi connectivity index (χ1n) is 22.6. The Hall–Kier alpha value is -8.85. The summed E-state index contributed by atoms with van der Waals surface area (Å²) < 4.78 is 9.48. The Balaban J connectivity index is 1.26. The highest BCUT2D eigenvalue weighted by atomic mass is 32.1. The van der Waals surface area contributed by atoms with Crippen LogP contribution in [0.2, 0.25) is 0 Å². The average molecular weight is 898 g/mol. The van der Waals surface area contributed by atoms with Gasteiger partial charge in [-0.3, -0.25) is 4.98 Å². The van der Waals surface area contributed by atoms with Gasteiger partial charge in [-0.15, -0.1) is 22.7 Å². The SMILES string of the molecule is [C-]#[N+]c1c(-c2ccccc2)c(C#N)c(-n2c3cccc4c5cccnc5c5cccc2c5c43)c(-c2ccccc2)c1-n1c2c(ccc3c4ccccc4sc32)c2ccc3c4ccccc4sc3c21. The second-order valence-electron chi connectivity index (χ2n) is 17.5. The van der Waals surface area contributed by atoms with Gasteiger partial charge in [0.2, 0.25) is 5.69 Å². The molecule has 5 aromatic heterocycles. The number of rotatable bonds is 4. The average Bonchev–Trinajstić information content (AvgIpc) is 4.16. The highest BCUT2D eigenvalue weighted by molar-refractivity contribution is 7.27. The van der Waals surface area contributed by atoms with E-state index < -0.39 is 0 Å². The maximum atomic E-state index is 12.0. The normalized spacial score (nSPS) is 12.1. The molecular formula is C61H31N5S2. The third-order valence-corrected chi connectivity index (χ3v) is 16.6. The smallest absolute Gasteiger partial charge is 0.220 e. The molecular weight excluding hydrogens is 867 g/mol. The molecule has 0 saturated carbocycles. The van der Waals surface area contributed by atoms with Crippen molar-refractivity contribution in [3.05, 3.63) is 205 Å². The van der Waals surface area contributed by atoms with Crippen molar-refractivity contribution in [2.24, 2.45) is 0 Å². The van der Waals surface area contributed by atoms with Gasteiger partial charge in [0.25, 0.3) is 0 Å². The topological polar surface area (TPSA) is 50.9 Å². The van der Waals surface area contributed by atoms with E-state index in [9.17, 15) is 11.8 Å². The van der Waals surface area contributed by atoms with Gasteiger partial charge >= 0.3 is 0 Å². The van der Waals surface area contributed by atoms with Crippen LogP contribution in [-0.4, -0.2) is 14.1 Å². The van der Waals surface area contributed by atoms with E-state index in [2.05, 4.69) is 160 Å². The molecule has 15 aromatic rings. The highest BCUT2D eigenvalue weighted by Gasteiger charge is 2.33. The van der Waals surface area contributed by atoms with Crippen LogP contribution in [0.3, 0.4) is 0 Å². The number of fused-ring (bicyclic) bond motifs is 14. The van der Waals surface area contributed by atoms with Crippen LogP contribution in [0.25, 0.3) is 144 Å².